The molecule has 11 rings (SSSR count). The minimum absolute atomic E-state index is 0.354. The molecule has 10 unspecified atom stereocenters. The number of rotatable bonds is 0. The van der Waals surface area contributed by atoms with Gasteiger partial charge in [0.15, 0.2) is 0 Å². The van der Waals surface area contributed by atoms with Crippen molar-refractivity contribution in [2.75, 3.05) is 85.6 Å². The second-order valence-corrected chi connectivity index (χ2v) is 52.8. The van der Waals surface area contributed by atoms with E-state index in [0.717, 1.165) is 83.3 Å². The lowest BCUT2D eigenvalue weighted by Gasteiger charge is -2.49. The van der Waals surface area contributed by atoms with Gasteiger partial charge in [0.25, 0.3) is 0 Å². The summed E-state index contributed by atoms with van der Waals surface area (Å²) in [6.45, 7) is 141. The van der Waals surface area contributed by atoms with E-state index in [1.807, 2.05) is 83.1 Å². The largest absolute Gasteiger partial charge is 0.306 e. The summed E-state index contributed by atoms with van der Waals surface area (Å²) in [6.07, 6.45) is 22.6. The van der Waals surface area contributed by atoms with Crippen LogP contribution >= 0.6 is 0 Å². The molecule has 0 aromatic carbocycles. The van der Waals surface area contributed by atoms with Crippen LogP contribution in [0.25, 0.3) is 0 Å². The van der Waals surface area contributed by atoms with Gasteiger partial charge in [0.2, 0.25) is 0 Å². The van der Waals surface area contributed by atoms with Gasteiger partial charge in [0.05, 0.1) is 0 Å². The zero-order valence-corrected chi connectivity index (χ0v) is 94.5. The molecule has 2 aliphatic carbocycles. The van der Waals surface area contributed by atoms with Crippen LogP contribution in [-0.4, -0.2) is 188 Å². The summed E-state index contributed by atoms with van der Waals surface area (Å²) >= 11 is 0. The fourth-order valence-corrected chi connectivity index (χ4v) is 22.3. The van der Waals surface area contributed by atoms with Crippen molar-refractivity contribution in [3.05, 3.63) is 0 Å². The second-order valence-electron chi connectivity index (χ2n) is 52.8. The molecule has 9 heterocycles. The Morgan fingerprint density at radius 1 is 0.217 bits per heavy atom. The first-order valence-electron chi connectivity index (χ1n) is 52.2. The lowest BCUT2D eigenvalue weighted by Crippen LogP contribution is -2.54. The molecule has 0 N–H and O–H groups in total. The molecular weight excluding hydrogens is 1460 g/mol. The number of likely N-dealkylation sites (tertiary alicyclic amines) is 7. The molecule has 6 bridgehead atoms. The Morgan fingerprint density at radius 3 is 0.800 bits per heavy atom. The maximum absolute atomic E-state index is 2.81. The van der Waals surface area contributed by atoms with Gasteiger partial charge in [0, 0.05) is 102 Å². The topological polar surface area (TPSA) is 25.9 Å². The molecule has 11 aliphatic rings. The SMILES string of the molecule is CC.CC.CC.CC.CC.CC.CC(C)(C)C1C2CCC1CN(C(C)(C)C)C2.CC(C)(C)C1CC2CC1CN2C(C)(C)C.CC(C)(C)C1CC2CCC(C1)N2C(C)(C)C.CC(C)(C)C1CCCN(C(C)(C)C)CC1.CC(C)(C)C1CCN(C(C)(C)C)C1.CC(C)(C)C1CCN(C(C)(C)C)CC1.CC1CCCN1C(C)(C)C.CN1CC(C(C)(C)C)C1. The molecule has 726 valence electrons. The minimum atomic E-state index is 0.354. The summed E-state index contributed by atoms with van der Waals surface area (Å²) in [4.78, 5) is 21.1. The maximum Gasteiger partial charge on any atom is 0.0130 e. The molecule has 0 aromatic rings. The average Bonchev–Trinajstić information content (AvgIpc) is 1.62. The zero-order chi connectivity index (χ0) is 95.5. The summed E-state index contributed by atoms with van der Waals surface area (Å²) in [5, 5.41) is 0. The van der Waals surface area contributed by atoms with E-state index in [4.69, 9.17) is 0 Å². The Labute approximate surface area is 763 Å². The van der Waals surface area contributed by atoms with Gasteiger partial charge in [-0.15, -0.1) is 0 Å². The van der Waals surface area contributed by atoms with Gasteiger partial charge < -0.3 is 4.90 Å². The number of nitrogens with zero attached hydrogens (tertiary/aromatic N) is 8. The van der Waals surface area contributed by atoms with Crippen LogP contribution in [0.1, 0.15) is 484 Å². The van der Waals surface area contributed by atoms with Crippen LogP contribution in [0.2, 0.25) is 0 Å². The van der Waals surface area contributed by atoms with Crippen molar-refractivity contribution in [2.45, 2.75) is 546 Å². The molecule has 8 heteroatoms. The number of fused-ring (bicyclic) bond motifs is 6. The van der Waals surface area contributed by atoms with Crippen molar-refractivity contribution >= 4 is 0 Å². The lowest BCUT2D eigenvalue weighted by atomic mass is 9.68. The second kappa shape index (κ2) is 52.1. The molecule has 120 heavy (non-hydrogen) atoms. The quantitative estimate of drug-likeness (QED) is 0.237. The first-order valence-corrected chi connectivity index (χ1v) is 52.2. The fourth-order valence-electron chi connectivity index (χ4n) is 22.3. The Bertz CT molecular complexity index is 2380. The molecule has 10 atom stereocenters. The predicted molar refractivity (Wildman–Crippen MR) is 551 cm³/mol. The van der Waals surface area contributed by atoms with Gasteiger partial charge in [0.1, 0.15) is 0 Å². The van der Waals surface area contributed by atoms with Gasteiger partial charge in [-0.2, -0.15) is 0 Å². The molecule has 0 aromatic heterocycles. The van der Waals surface area contributed by atoms with Crippen LogP contribution in [0.3, 0.4) is 0 Å². The summed E-state index contributed by atoms with van der Waals surface area (Å²) in [5.74, 6) is 9.38. The number of hydrogen-bond acceptors (Lipinski definition) is 8. The highest BCUT2D eigenvalue weighted by molar-refractivity contribution is 5.06. The third-order valence-electron chi connectivity index (χ3n) is 29.7. The highest BCUT2D eigenvalue weighted by Crippen LogP contribution is 2.54. The molecule has 9 aliphatic heterocycles. The van der Waals surface area contributed by atoms with Crippen LogP contribution in [0.15, 0.2) is 0 Å². The Balaban J connectivity index is -0.00000129. The van der Waals surface area contributed by atoms with E-state index in [0.29, 0.717) is 76.7 Å². The third-order valence-corrected chi connectivity index (χ3v) is 29.7. The van der Waals surface area contributed by atoms with Crippen LogP contribution in [0, 0.1) is 97.1 Å². The summed E-state index contributed by atoms with van der Waals surface area (Å²) in [6, 6.07) is 3.41. The molecule has 0 radical (unpaired) electrons. The van der Waals surface area contributed by atoms with Crippen molar-refractivity contribution in [3.8, 4) is 0 Å². The first kappa shape index (κ1) is 124. The van der Waals surface area contributed by atoms with E-state index in [1.165, 1.54) is 181 Å². The Morgan fingerprint density at radius 2 is 0.550 bits per heavy atom. The normalized spacial score (nSPS) is 27.9. The molecule has 0 amide bonds. The van der Waals surface area contributed by atoms with E-state index in [9.17, 15) is 0 Å². The number of hydrogen-bond donors (Lipinski definition) is 0. The molecule has 9 saturated heterocycles. The minimum Gasteiger partial charge on any atom is -0.306 e. The van der Waals surface area contributed by atoms with Crippen molar-refractivity contribution in [2.24, 2.45) is 97.1 Å². The molecule has 11 fully saturated rings. The van der Waals surface area contributed by atoms with Crippen molar-refractivity contribution in [1.29, 1.82) is 0 Å². The van der Waals surface area contributed by atoms with Crippen LogP contribution in [0.5, 0.6) is 0 Å². The van der Waals surface area contributed by atoms with E-state index < -0.39 is 0 Å². The molecule has 2 saturated carbocycles. The average molecular weight is 1700 g/mol. The highest BCUT2D eigenvalue weighted by atomic mass is 15.3. The van der Waals surface area contributed by atoms with Gasteiger partial charge in [-0.3, -0.25) is 34.3 Å². The van der Waals surface area contributed by atoms with Crippen LogP contribution in [0.4, 0.5) is 0 Å². The molecule has 0 spiro atoms. The molecule has 8 nitrogen and oxygen atoms in total. The van der Waals surface area contributed by atoms with E-state index in [1.54, 1.807) is 0 Å². The van der Waals surface area contributed by atoms with Gasteiger partial charge in [-0.05, 0) is 398 Å². The van der Waals surface area contributed by atoms with Gasteiger partial charge in [-0.1, -0.05) is 228 Å². The third kappa shape index (κ3) is 42.7. The first-order chi connectivity index (χ1) is 54.2. The van der Waals surface area contributed by atoms with E-state index in [2.05, 4.69) is 344 Å². The standard InChI is InChI=1S/2C15H29N.C14H27N.C14H29N.C13H27N.C12H25N.C9H19N.C8H17N.6C2H6/c1-14(2,3)11-9-12-7-8-13(10-11)16(12)15(4,5)6;1-14(2,3)13-11-7-8-12(13)10-16(9-11)15(4,5)6;1-13(2,3)12-8-11-7-10(12)9-15(11)14(4,5)6;1-13(2,3)12-8-7-10-15(11-9-12)14(4,5)6;1-12(2,3)11-7-9-14(10-8-11)13(4,5)6;1-11(2,3)10-7-8-13(9-10)12(4,5)6;1-8-6-5-7-10(8)9(2,3)4;1-8(2,3)7-5-9(4)6-7;6*1-2/h2*11-13H,7-10H2,1-6H3;10-12H,7-9H2,1-6H3;12H,7-11H2,1-6H3;11H,7-10H2,1-6H3;10H,7-9H2,1-6H3;8H,5-7H2,1-4H3;7H,5-6H2,1-4H3;6*1-2H3. The van der Waals surface area contributed by atoms with Gasteiger partial charge in [-0.25, -0.2) is 0 Å². The van der Waals surface area contributed by atoms with Crippen molar-refractivity contribution in [3.63, 3.8) is 0 Å². The van der Waals surface area contributed by atoms with Crippen LogP contribution in [-0.2, 0) is 0 Å². The van der Waals surface area contributed by atoms with Gasteiger partial charge >= 0.3 is 0 Å². The number of piperidine rings is 4. The van der Waals surface area contributed by atoms with Crippen LogP contribution < -0.4 is 0 Å². The highest BCUT2D eigenvalue weighted by Gasteiger charge is 2.53. The fraction of sp³-hybridized carbons (Fsp3) is 1.00. The monoisotopic (exact) mass is 1700 g/mol. The maximum atomic E-state index is 2.81. The smallest absolute Gasteiger partial charge is 0.0130 e. The molecular formula is C112H238N8. The summed E-state index contributed by atoms with van der Waals surface area (Å²) in [5.41, 5.74) is 6.13. The van der Waals surface area contributed by atoms with Crippen molar-refractivity contribution in [1.82, 2.24) is 39.2 Å². The predicted octanol–water partition coefficient (Wildman–Crippen LogP) is 32.1. The summed E-state index contributed by atoms with van der Waals surface area (Å²) < 4.78 is 0. The van der Waals surface area contributed by atoms with E-state index in [-0.39, 0.29) is 0 Å². The van der Waals surface area contributed by atoms with E-state index >= 15 is 0 Å². The Hall–Kier alpha value is -0.320. The van der Waals surface area contributed by atoms with Crippen molar-refractivity contribution < 1.29 is 0 Å². The summed E-state index contributed by atoms with van der Waals surface area (Å²) in [7, 11) is 2.18. The zero-order valence-electron chi connectivity index (χ0n) is 94.5. The lowest BCUT2D eigenvalue weighted by molar-refractivity contribution is -0.00409. The Kier molecular flexibility index (Phi) is 53.7.